The van der Waals surface area contributed by atoms with Crippen molar-refractivity contribution >= 4 is 33.9 Å². The minimum atomic E-state index is 0.314. The summed E-state index contributed by atoms with van der Waals surface area (Å²) in [6.07, 6.45) is 3.58. The van der Waals surface area contributed by atoms with E-state index < -0.39 is 0 Å². The van der Waals surface area contributed by atoms with Crippen molar-refractivity contribution in [1.29, 1.82) is 0 Å². The first-order valence-electron chi connectivity index (χ1n) is 6.38. The summed E-state index contributed by atoms with van der Waals surface area (Å²) in [4.78, 5) is 12.6. The van der Waals surface area contributed by atoms with Gasteiger partial charge in [-0.15, -0.1) is 0 Å². The largest absolute Gasteiger partial charge is 0.377 e. The van der Waals surface area contributed by atoms with Crippen molar-refractivity contribution in [2.45, 2.75) is 6.61 Å². The Kier molecular flexibility index (Phi) is 3.94. The van der Waals surface area contributed by atoms with E-state index >= 15 is 0 Å². The van der Waals surface area contributed by atoms with Gasteiger partial charge in [-0.3, -0.25) is 4.98 Å². The number of anilines is 2. The van der Waals surface area contributed by atoms with Crippen LogP contribution in [-0.2, 0) is 11.3 Å². The van der Waals surface area contributed by atoms with Gasteiger partial charge in [-0.2, -0.15) is 0 Å². The maximum Gasteiger partial charge on any atom is 0.158 e. The number of fused-ring (bicyclic) bond motifs is 1. The molecular formula is C15H13ClN4O. The topological polar surface area (TPSA) is 59.9 Å². The van der Waals surface area contributed by atoms with Crippen molar-refractivity contribution in [2.24, 2.45) is 0 Å². The number of methoxy groups -OCH3 is 1. The van der Waals surface area contributed by atoms with Gasteiger partial charge in [-0.1, -0.05) is 23.7 Å². The van der Waals surface area contributed by atoms with Crippen molar-refractivity contribution in [3.8, 4) is 0 Å². The molecule has 2 aromatic heterocycles. The molecule has 1 aromatic carbocycles. The van der Waals surface area contributed by atoms with Crippen LogP contribution in [0.15, 0.2) is 42.7 Å². The van der Waals surface area contributed by atoms with Crippen LogP contribution in [0.2, 0.25) is 5.15 Å². The number of pyridine rings is 1. The molecule has 2 heterocycles. The van der Waals surface area contributed by atoms with Crippen LogP contribution in [0.4, 0.5) is 11.5 Å². The number of nitrogens with zero attached hydrogens (tertiary/aromatic N) is 3. The molecule has 0 aliphatic heterocycles. The van der Waals surface area contributed by atoms with Crippen LogP contribution in [0.25, 0.3) is 10.8 Å². The number of benzene rings is 1. The van der Waals surface area contributed by atoms with Gasteiger partial charge in [0.05, 0.1) is 0 Å². The van der Waals surface area contributed by atoms with Crippen LogP contribution in [-0.4, -0.2) is 22.1 Å². The number of aromatic nitrogens is 3. The van der Waals surface area contributed by atoms with E-state index in [9.17, 15) is 0 Å². The molecule has 0 saturated carbocycles. The van der Waals surface area contributed by atoms with Crippen molar-refractivity contribution in [3.63, 3.8) is 0 Å². The molecule has 0 saturated heterocycles. The highest BCUT2D eigenvalue weighted by atomic mass is 35.5. The lowest BCUT2D eigenvalue weighted by molar-refractivity contribution is 0.178. The Morgan fingerprint density at radius 3 is 3.00 bits per heavy atom. The lowest BCUT2D eigenvalue weighted by Gasteiger charge is -2.10. The Morgan fingerprint density at radius 2 is 2.14 bits per heavy atom. The van der Waals surface area contributed by atoms with Gasteiger partial charge < -0.3 is 10.1 Å². The molecule has 6 heteroatoms. The summed E-state index contributed by atoms with van der Waals surface area (Å²) in [5.74, 6) is 1.17. The normalized spacial score (nSPS) is 10.8. The molecule has 0 atom stereocenters. The van der Waals surface area contributed by atoms with Crippen LogP contribution in [0.1, 0.15) is 5.82 Å². The average Bonchev–Trinajstić information content (AvgIpc) is 2.47. The Morgan fingerprint density at radius 1 is 1.24 bits per heavy atom. The zero-order valence-electron chi connectivity index (χ0n) is 11.4. The molecule has 1 N–H and O–H groups in total. The fourth-order valence-corrected chi connectivity index (χ4v) is 2.29. The standard InChI is InChI=1S/C15H13ClN4O/c1-21-9-15-19-13(16)7-14(20-15)18-12-4-2-3-10-8-17-6-5-11(10)12/h2-8H,9H2,1H3,(H,18,19,20). The maximum absolute atomic E-state index is 6.01. The van der Waals surface area contributed by atoms with Crippen LogP contribution < -0.4 is 5.32 Å². The second-order valence-electron chi connectivity index (χ2n) is 4.45. The maximum atomic E-state index is 6.01. The molecule has 21 heavy (non-hydrogen) atoms. The third-order valence-corrected chi connectivity index (χ3v) is 3.15. The summed E-state index contributed by atoms with van der Waals surface area (Å²) in [6.45, 7) is 0.314. The van der Waals surface area contributed by atoms with Crippen molar-refractivity contribution in [3.05, 3.63) is 53.7 Å². The fourth-order valence-electron chi connectivity index (χ4n) is 2.09. The van der Waals surface area contributed by atoms with Crippen LogP contribution >= 0.6 is 11.6 Å². The van der Waals surface area contributed by atoms with Gasteiger partial charge in [0.2, 0.25) is 0 Å². The van der Waals surface area contributed by atoms with Gasteiger partial charge in [0.1, 0.15) is 17.6 Å². The molecule has 3 aromatic rings. The number of hydrogen-bond acceptors (Lipinski definition) is 5. The summed E-state index contributed by atoms with van der Waals surface area (Å²) in [5, 5.41) is 5.76. The van der Waals surface area contributed by atoms with E-state index in [-0.39, 0.29) is 0 Å². The van der Waals surface area contributed by atoms with E-state index in [0.29, 0.717) is 23.4 Å². The summed E-state index contributed by atoms with van der Waals surface area (Å²) < 4.78 is 5.04. The molecule has 0 spiro atoms. The van der Waals surface area contributed by atoms with Gasteiger partial charge in [0.15, 0.2) is 5.82 Å². The molecule has 3 rings (SSSR count). The monoisotopic (exact) mass is 300 g/mol. The Labute approximate surface area is 127 Å². The fraction of sp³-hybridized carbons (Fsp3) is 0.133. The zero-order valence-corrected chi connectivity index (χ0v) is 12.1. The second-order valence-corrected chi connectivity index (χ2v) is 4.84. The third kappa shape index (κ3) is 3.09. The number of ether oxygens (including phenoxy) is 1. The highest BCUT2D eigenvalue weighted by Gasteiger charge is 2.06. The molecule has 0 aliphatic carbocycles. The van der Waals surface area contributed by atoms with E-state index in [4.69, 9.17) is 16.3 Å². The minimum Gasteiger partial charge on any atom is -0.377 e. The predicted octanol–water partition coefficient (Wildman–Crippen LogP) is 3.57. The highest BCUT2D eigenvalue weighted by molar-refractivity contribution is 6.29. The van der Waals surface area contributed by atoms with E-state index in [1.807, 2.05) is 30.5 Å². The minimum absolute atomic E-state index is 0.314. The summed E-state index contributed by atoms with van der Waals surface area (Å²) in [5.41, 5.74) is 0.938. The highest BCUT2D eigenvalue weighted by Crippen LogP contribution is 2.25. The third-order valence-electron chi connectivity index (χ3n) is 2.96. The number of nitrogens with one attached hydrogen (secondary N) is 1. The van der Waals surface area contributed by atoms with Gasteiger partial charge >= 0.3 is 0 Å². The molecule has 0 bridgehead atoms. The van der Waals surface area contributed by atoms with Gasteiger partial charge in [0.25, 0.3) is 0 Å². The quantitative estimate of drug-likeness (QED) is 0.746. The number of hydrogen-bond donors (Lipinski definition) is 1. The van der Waals surface area contributed by atoms with E-state index in [0.717, 1.165) is 16.5 Å². The zero-order chi connectivity index (χ0) is 14.7. The summed E-state index contributed by atoms with van der Waals surface area (Å²) >= 11 is 6.01. The number of halogens is 1. The van der Waals surface area contributed by atoms with E-state index in [1.54, 1.807) is 19.4 Å². The van der Waals surface area contributed by atoms with Crippen LogP contribution in [0, 0.1) is 0 Å². The number of rotatable bonds is 4. The van der Waals surface area contributed by atoms with Crippen molar-refractivity contribution in [2.75, 3.05) is 12.4 Å². The van der Waals surface area contributed by atoms with Gasteiger partial charge in [-0.25, -0.2) is 9.97 Å². The second kappa shape index (κ2) is 6.03. The molecule has 0 fully saturated rings. The van der Waals surface area contributed by atoms with Crippen molar-refractivity contribution in [1.82, 2.24) is 15.0 Å². The van der Waals surface area contributed by atoms with Crippen molar-refractivity contribution < 1.29 is 4.74 Å². The predicted molar refractivity (Wildman–Crippen MR) is 82.8 cm³/mol. The molecule has 106 valence electrons. The molecule has 0 unspecified atom stereocenters. The Bertz CT molecular complexity index is 773. The van der Waals surface area contributed by atoms with Gasteiger partial charge in [-0.05, 0) is 12.1 Å². The summed E-state index contributed by atoms with van der Waals surface area (Å²) in [6, 6.07) is 9.59. The molecule has 0 amide bonds. The van der Waals surface area contributed by atoms with Crippen LogP contribution in [0.3, 0.4) is 0 Å². The Hall–Kier alpha value is -2.24. The Balaban J connectivity index is 1.98. The first kappa shape index (κ1) is 13.7. The molecule has 0 aliphatic rings. The SMILES string of the molecule is COCc1nc(Cl)cc(Nc2cccc3cnccc23)n1. The first-order chi connectivity index (χ1) is 10.3. The van der Waals surface area contributed by atoms with Gasteiger partial charge in [0, 0.05) is 42.0 Å². The van der Waals surface area contributed by atoms with E-state index in [2.05, 4.69) is 20.3 Å². The molecular weight excluding hydrogens is 288 g/mol. The molecule has 5 nitrogen and oxygen atoms in total. The smallest absolute Gasteiger partial charge is 0.158 e. The lowest BCUT2D eigenvalue weighted by atomic mass is 10.1. The van der Waals surface area contributed by atoms with Crippen LogP contribution in [0.5, 0.6) is 0 Å². The summed E-state index contributed by atoms with van der Waals surface area (Å²) in [7, 11) is 1.59. The molecule has 0 radical (unpaired) electrons. The first-order valence-corrected chi connectivity index (χ1v) is 6.76. The average molecular weight is 301 g/mol. The lowest BCUT2D eigenvalue weighted by Crippen LogP contribution is -2.02. The van der Waals surface area contributed by atoms with E-state index in [1.165, 1.54) is 0 Å².